The zero-order valence-electron chi connectivity index (χ0n) is 52.3. The Hall–Kier alpha value is -3.97. The first-order chi connectivity index (χ1) is 36.9. The van der Waals surface area contributed by atoms with Gasteiger partial charge in [-0.25, -0.2) is 4.79 Å². The highest BCUT2D eigenvalue weighted by molar-refractivity contribution is 6.75. The van der Waals surface area contributed by atoms with Gasteiger partial charge in [-0.2, -0.15) is 0 Å². The smallest absolute Gasteiger partial charge is 0.408 e. The third-order valence-corrected chi connectivity index (χ3v) is 30.2. The quantitative estimate of drug-likeness (QED) is 0.0281. The Morgan fingerprint density at radius 3 is 1.98 bits per heavy atom. The van der Waals surface area contributed by atoms with Gasteiger partial charge < -0.3 is 56.2 Å². The number of rotatable bonds is 28. The Labute approximate surface area is 489 Å². The molecule has 0 radical (unpaired) electrons. The summed E-state index contributed by atoms with van der Waals surface area (Å²) in [6.07, 6.45) is 5.68. The second kappa shape index (κ2) is 28.5. The van der Waals surface area contributed by atoms with Crippen LogP contribution in [0.4, 0.5) is 4.79 Å². The van der Waals surface area contributed by atoms with Crippen LogP contribution in [0, 0.1) is 24.2 Å². The third-order valence-electron chi connectivity index (χ3n) is 15.3. The topological polar surface area (TPSA) is 165 Å². The number of esters is 1. The molecule has 1 amide bonds. The van der Waals surface area contributed by atoms with E-state index in [-0.39, 0.29) is 59.4 Å². The number of carbonyl (C=O) groups is 3. The summed E-state index contributed by atoms with van der Waals surface area (Å²) in [5.74, 6) is 10.1. The van der Waals surface area contributed by atoms with Crippen molar-refractivity contribution in [2.45, 2.75) is 218 Å². The lowest BCUT2D eigenvalue weighted by atomic mass is 9.88. The molecule has 1 aliphatic carbocycles. The van der Waals surface area contributed by atoms with Gasteiger partial charge in [0, 0.05) is 19.1 Å². The molecule has 0 heterocycles. The Morgan fingerprint density at radius 1 is 0.887 bits per heavy atom. The summed E-state index contributed by atoms with van der Waals surface area (Å²) in [5, 5.41) is 2.43. The number of aldehydes is 1. The molecule has 0 aliphatic heterocycles. The number of hydrogen-bond acceptors (Lipinski definition) is 14. The molecule has 3 rings (SSSR count). The first-order valence-electron chi connectivity index (χ1n) is 27.7. The standard InChI is InChI=1S/C60H96ClNO14Si4/c1-24-51(72-54-48(61)34-44(35-50(54)70-42-66-14)49(37-53(64)68-16)62-55(65)73-56(5,6)7)60(76-77(17,18)19)38-47(74-79(22,23)58(11,12)13)36-45(60)32-33-59(41-63,75-80(25-2,26-3)27-4)52(40-71-78(20,21)57(8,9)10)69-39-43-28-30-46(67-15)31-29-43/h1,28-31,34-36,41,47,49,51-52H,25-27,37-40,42H2,2-23H3,(H,62,65)/t47-,49+,51-,52+,59+,60-/m1/s1. The van der Waals surface area contributed by atoms with Crippen molar-refractivity contribution in [3.63, 3.8) is 0 Å². The molecule has 0 saturated carbocycles. The number of carbonyl (C=O) groups excluding carboxylic acids is 3. The van der Waals surface area contributed by atoms with Gasteiger partial charge in [0.2, 0.25) is 5.60 Å². The van der Waals surface area contributed by atoms with Crippen molar-refractivity contribution in [2.75, 3.05) is 34.7 Å². The largest absolute Gasteiger partial charge is 0.497 e. The summed E-state index contributed by atoms with van der Waals surface area (Å²) in [7, 11) is -6.10. The van der Waals surface area contributed by atoms with E-state index in [4.69, 9.17) is 68.9 Å². The summed E-state index contributed by atoms with van der Waals surface area (Å²) in [6, 6.07) is 11.8. The van der Waals surface area contributed by atoms with E-state index in [9.17, 15) is 14.4 Å². The maximum Gasteiger partial charge on any atom is 0.408 e. The number of hydrogen-bond donors (Lipinski definition) is 1. The van der Waals surface area contributed by atoms with E-state index in [1.54, 1.807) is 40.0 Å². The highest BCUT2D eigenvalue weighted by Crippen LogP contribution is 2.48. The second-order valence-corrected chi connectivity index (χ2v) is 44.6. The number of amides is 1. The van der Waals surface area contributed by atoms with Crippen LogP contribution in [0.2, 0.25) is 79.1 Å². The van der Waals surface area contributed by atoms with Crippen LogP contribution in [0.15, 0.2) is 48.0 Å². The lowest BCUT2D eigenvalue weighted by Crippen LogP contribution is -2.58. The van der Waals surface area contributed by atoms with Gasteiger partial charge in [0.15, 0.2) is 64.0 Å². The summed E-state index contributed by atoms with van der Waals surface area (Å²) in [4.78, 5) is 40.6. The van der Waals surface area contributed by atoms with Crippen molar-refractivity contribution in [1.82, 2.24) is 5.32 Å². The zero-order valence-corrected chi connectivity index (χ0v) is 57.0. The van der Waals surface area contributed by atoms with Crippen molar-refractivity contribution in [2.24, 2.45) is 0 Å². The molecule has 0 unspecified atom stereocenters. The molecule has 2 aromatic carbocycles. The van der Waals surface area contributed by atoms with Gasteiger partial charge in [0.05, 0.1) is 51.0 Å². The van der Waals surface area contributed by atoms with E-state index in [0.717, 1.165) is 11.8 Å². The average molecular weight is 1200 g/mol. The van der Waals surface area contributed by atoms with Crippen molar-refractivity contribution < 1.29 is 65.2 Å². The number of methoxy groups -OCH3 is 3. The molecule has 448 valence electrons. The van der Waals surface area contributed by atoms with Crippen LogP contribution in [-0.2, 0) is 52.8 Å². The molecule has 0 spiro atoms. The molecule has 20 heteroatoms. The Bertz CT molecular complexity index is 2520. The summed E-state index contributed by atoms with van der Waals surface area (Å²) >= 11 is 7.27. The summed E-state index contributed by atoms with van der Waals surface area (Å²) in [6.45, 7) is 39.2. The normalized spacial score (nSPS) is 18.3. The SMILES string of the molecule is C#C[C@@H](Oc1c(Cl)cc([C@H](CC(=O)OC)NC(=O)OC(C)(C)C)cc1OCOC)[C@@]1(O[Si](C)(C)C)C[C@H](O[Si](C)(C)C(C)(C)C)C=C1C#C[C@@](C=O)(O[Si](CC)(CC)CC)[C@H](CO[Si](C)(C)C(C)(C)C)OCc1ccc(OC)cc1. The molecule has 6 atom stereocenters. The van der Waals surface area contributed by atoms with Gasteiger partial charge in [0.25, 0.3) is 0 Å². The van der Waals surface area contributed by atoms with Crippen molar-refractivity contribution >= 4 is 63.2 Å². The van der Waals surface area contributed by atoms with Crippen molar-refractivity contribution in [1.29, 1.82) is 0 Å². The molecule has 0 saturated heterocycles. The molecule has 15 nitrogen and oxygen atoms in total. The van der Waals surface area contributed by atoms with Gasteiger partial charge in [-0.3, -0.25) is 9.59 Å². The van der Waals surface area contributed by atoms with Crippen LogP contribution in [0.3, 0.4) is 0 Å². The third kappa shape index (κ3) is 19.0. The number of halogens is 1. The highest BCUT2D eigenvalue weighted by atomic mass is 35.5. The molecular formula is C60H96ClNO14Si4. The van der Waals surface area contributed by atoms with Crippen molar-refractivity contribution in [3.8, 4) is 41.4 Å². The molecule has 0 bridgehead atoms. The zero-order chi connectivity index (χ0) is 60.9. The maximum atomic E-state index is 14.6. The number of alkyl carbamates (subject to hydrolysis) is 1. The Balaban J connectivity index is 2.54. The van der Waals surface area contributed by atoms with Crippen LogP contribution < -0.4 is 19.5 Å². The molecule has 2 aromatic rings. The second-order valence-electron chi connectivity index (χ2n) is 25.6. The minimum Gasteiger partial charge on any atom is -0.497 e. The predicted octanol–water partition coefficient (Wildman–Crippen LogP) is 13.7. The minimum atomic E-state index is -2.72. The molecule has 1 aliphatic rings. The van der Waals surface area contributed by atoms with Crippen LogP contribution in [0.25, 0.3) is 0 Å². The van der Waals surface area contributed by atoms with E-state index in [1.807, 2.05) is 50.0 Å². The monoisotopic (exact) mass is 1200 g/mol. The van der Waals surface area contributed by atoms with Crippen molar-refractivity contribution in [3.05, 3.63) is 64.2 Å². The minimum absolute atomic E-state index is 0.0109. The molecule has 0 fully saturated rings. The lowest BCUT2D eigenvalue weighted by molar-refractivity contribution is -0.141. The molecule has 0 aromatic heterocycles. The highest BCUT2D eigenvalue weighted by Gasteiger charge is 2.55. The fourth-order valence-electron chi connectivity index (χ4n) is 8.49. The fraction of sp³-hybridized carbons (Fsp3) is 0.650. The van der Waals surface area contributed by atoms with E-state index in [1.165, 1.54) is 14.2 Å². The van der Waals surface area contributed by atoms with E-state index < -0.39 is 86.5 Å². The van der Waals surface area contributed by atoms with Gasteiger partial charge in [0.1, 0.15) is 23.1 Å². The number of benzene rings is 2. The van der Waals surface area contributed by atoms with Crippen LogP contribution in [0.1, 0.15) is 113 Å². The van der Waals surface area contributed by atoms with Crippen LogP contribution >= 0.6 is 11.6 Å². The van der Waals surface area contributed by atoms with Gasteiger partial charge >= 0.3 is 12.1 Å². The van der Waals surface area contributed by atoms with Crippen LogP contribution in [-0.4, -0.2) is 121 Å². The fourth-order valence-corrected chi connectivity index (χ4v) is 15.3. The average Bonchev–Trinajstić information content (AvgIpc) is 3.69. The number of ether oxygens (including phenoxy) is 7. The Kier molecular flexibility index (Phi) is 25.1. The van der Waals surface area contributed by atoms with E-state index >= 15 is 0 Å². The van der Waals surface area contributed by atoms with Gasteiger partial charge in [-0.1, -0.05) is 104 Å². The number of terminal acetylenes is 1. The van der Waals surface area contributed by atoms with E-state index in [0.29, 0.717) is 35.0 Å². The number of nitrogens with one attached hydrogen (secondary N) is 1. The Morgan fingerprint density at radius 2 is 1.49 bits per heavy atom. The maximum absolute atomic E-state index is 14.6. The van der Waals surface area contributed by atoms with Crippen LogP contribution in [0.5, 0.6) is 17.2 Å². The summed E-state index contributed by atoms with van der Waals surface area (Å²) < 4.78 is 70.6. The molecular weight excluding hydrogens is 1110 g/mol. The first kappa shape index (κ1) is 70.3. The molecule has 80 heavy (non-hydrogen) atoms. The van der Waals surface area contributed by atoms with Gasteiger partial charge in [-0.15, -0.1) is 6.42 Å². The first-order valence-corrected chi connectivity index (χ1v) is 39.8. The predicted molar refractivity (Wildman–Crippen MR) is 327 cm³/mol. The van der Waals surface area contributed by atoms with Gasteiger partial charge in [-0.05, 0) is 136 Å². The van der Waals surface area contributed by atoms with E-state index in [2.05, 4.69) is 112 Å². The molecule has 1 N–H and O–H groups in total. The lowest BCUT2D eigenvalue weighted by Gasteiger charge is -2.43. The summed E-state index contributed by atoms with van der Waals surface area (Å²) in [5.41, 5.74) is -2.61.